The number of imidazole rings is 2. The van der Waals surface area contributed by atoms with E-state index in [1.54, 1.807) is 0 Å². The fourth-order valence-corrected chi connectivity index (χ4v) is 5.66. The van der Waals surface area contributed by atoms with Crippen molar-refractivity contribution in [1.29, 1.82) is 0 Å². The maximum absolute atomic E-state index is 5.03. The molecule has 7 rings (SSSR count). The minimum absolute atomic E-state index is 0.296. The summed E-state index contributed by atoms with van der Waals surface area (Å²) < 4.78 is 4.65. The summed E-state index contributed by atoms with van der Waals surface area (Å²) in [6.07, 6.45) is 4.64. The molecule has 0 radical (unpaired) electrons. The highest BCUT2D eigenvalue weighted by Gasteiger charge is 2.25. The SMILES string of the molecule is c1ccc2c(c1)nc(C1CCCN1)n2-c1ccc(-n2c(C3CCCN3)nc3ccccc32)cc1. The van der Waals surface area contributed by atoms with Crippen LogP contribution < -0.4 is 10.6 Å². The van der Waals surface area contributed by atoms with Crippen LogP contribution in [0.4, 0.5) is 0 Å². The van der Waals surface area contributed by atoms with Gasteiger partial charge in [0.05, 0.1) is 34.2 Å². The molecule has 4 heterocycles. The van der Waals surface area contributed by atoms with Crippen molar-refractivity contribution in [1.82, 2.24) is 29.7 Å². The third-order valence-electron chi connectivity index (χ3n) is 7.28. The van der Waals surface area contributed by atoms with Crippen LogP contribution in [-0.2, 0) is 0 Å². The van der Waals surface area contributed by atoms with Gasteiger partial charge in [-0.1, -0.05) is 24.3 Å². The van der Waals surface area contributed by atoms with Crippen molar-refractivity contribution in [2.45, 2.75) is 37.8 Å². The Hall–Kier alpha value is -3.48. The number of nitrogens with zero attached hydrogens (tertiary/aromatic N) is 4. The van der Waals surface area contributed by atoms with Crippen LogP contribution in [0.1, 0.15) is 49.4 Å². The quantitative estimate of drug-likeness (QED) is 0.396. The number of rotatable bonds is 4. The summed E-state index contributed by atoms with van der Waals surface area (Å²) in [6, 6.07) is 26.4. The van der Waals surface area contributed by atoms with Gasteiger partial charge in [0.1, 0.15) is 11.6 Å². The van der Waals surface area contributed by atoms with Gasteiger partial charge in [-0.2, -0.15) is 0 Å². The molecule has 2 atom stereocenters. The largest absolute Gasteiger partial charge is 0.307 e. The van der Waals surface area contributed by atoms with Crippen molar-refractivity contribution in [3.63, 3.8) is 0 Å². The summed E-state index contributed by atoms with van der Waals surface area (Å²) in [4.78, 5) is 10.1. The van der Waals surface area contributed by atoms with Gasteiger partial charge < -0.3 is 10.6 Å². The Labute approximate surface area is 198 Å². The van der Waals surface area contributed by atoms with Crippen LogP contribution >= 0.6 is 0 Å². The van der Waals surface area contributed by atoms with E-state index >= 15 is 0 Å². The van der Waals surface area contributed by atoms with Gasteiger partial charge in [0.15, 0.2) is 0 Å². The fourth-order valence-electron chi connectivity index (χ4n) is 5.66. The average Bonchev–Trinajstić information content (AvgIpc) is 3.68. The molecule has 170 valence electrons. The Bertz CT molecular complexity index is 1350. The topological polar surface area (TPSA) is 59.7 Å². The van der Waals surface area contributed by atoms with Gasteiger partial charge in [-0.05, 0) is 87.3 Å². The molecular weight excluding hydrogens is 420 g/mol. The minimum atomic E-state index is 0.296. The minimum Gasteiger partial charge on any atom is -0.307 e. The number of benzene rings is 3. The van der Waals surface area contributed by atoms with Crippen LogP contribution in [0, 0.1) is 0 Å². The van der Waals surface area contributed by atoms with Crippen LogP contribution in [0.5, 0.6) is 0 Å². The number of hydrogen-bond donors (Lipinski definition) is 2. The van der Waals surface area contributed by atoms with Crippen molar-refractivity contribution in [3.05, 3.63) is 84.4 Å². The maximum atomic E-state index is 5.03. The van der Waals surface area contributed by atoms with Crippen molar-refractivity contribution >= 4 is 22.1 Å². The van der Waals surface area contributed by atoms with Gasteiger partial charge in [0, 0.05) is 11.4 Å². The van der Waals surface area contributed by atoms with Crippen LogP contribution in [0.2, 0.25) is 0 Å². The number of nitrogens with one attached hydrogen (secondary N) is 2. The first-order valence-corrected chi connectivity index (χ1v) is 12.4. The van der Waals surface area contributed by atoms with E-state index in [-0.39, 0.29) is 0 Å². The zero-order valence-electron chi connectivity index (χ0n) is 19.1. The Balaban J connectivity index is 1.36. The highest BCUT2D eigenvalue weighted by atomic mass is 15.2. The second kappa shape index (κ2) is 8.08. The lowest BCUT2D eigenvalue weighted by molar-refractivity contribution is 0.597. The molecule has 0 aliphatic carbocycles. The van der Waals surface area contributed by atoms with Gasteiger partial charge in [0.2, 0.25) is 0 Å². The lowest BCUT2D eigenvalue weighted by Gasteiger charge is -2.17. The molecule has 5 aromatic rings. The monoisotopic (exact) mass is 448 g/mol. The molecule has 2 N–H and O–H groups in total. The lowest BCUT2D eigenvalue weighted by Crippen LogP contribution is -2.18. The first kappa shape index (κ1) is 19.9. The fraction of sp³-hybridized carbons (Fsp3) is 0.286. The molecule has 0 saturated carbocycles. The third-order valence-corrected chi connectivity index (χ3v) is 7.28. The maximum Gasteiger partial charge on any atom is 0.131 e. The number of fused-ring (bicyclic) bond motifs is 2. The zero-order chi connectivity index (χ0) is 22.5. The van der Waals surface area contributed by atoms with Crippen molar-refractivity contribution < 1.29 is 0 Å². The van der Waals surface area contributed by atoms with E-state index in [1.807, 2.05) is 0 Å². The molecule has 6 nitrogen and oxygen atoms in total. The van der Waals surface area contributed by atoms with Gasteiger partial charge in [-0.15, -0.1) is 0 Å². The van der Waals surface area contributed by atoms with Gasteiger partial charge in [-0.25, -0.2) is 9.97 Å². The van der Waals surface area contributed by atoms with Crippen LogP contribution in [0.3, 0.4) is 0 Å². The predicted molar refractivity (Wildman–Crippen MR) is 136 cm³/mol. The standard InChI is InChI=1S/C28H28N6/c1-3-11-25-21(7-1)31-27(23-9-5-17-29-23)33(25)19-13-15-20(16-14-19)34-26-12-4-2-8-22(26)32-28(34)24-10-6-18-30-24/h1-4,7-8,11-16,23-24,29-30H,5-6,9-10,17-18H2. The van der Waals surface area contributed by atoms with E-state index in [4.69, 9.17) is 9.97 Å². The number of aromatic nitrogens is 4. The highest BCUT2D eigenvalue weighted by molar-refractivity contribution is 5.80. The van der Waals surface area contributed by atoms with E-state index in [1.165, 1.54) is 12.8 Å². The van der Waals surface area contributed by atoms with Crippen LogP contribution in [0.15, 0.2) is 72.8 Å². The molecule has 0 bridgehead atoms. The molecule has 2 aliphatic rings. The summed E-state index contributed by atoms with van der Waals surface area (Å²) in [5.74, 6) is 2.21. The summed E-state index contributed by atoms with van der Waals surface area (Å²) in [5, 5.41) is 7.27. The number of hydrogen-bond acceptors (Lipinski definition) is 4. The second-order valence-electron chi connectivity index (χ2n) is 9.40. The van der Waals surface area contributed by atoms with E-state index < -0.39 is 0 Å². The molecule has 2 aromatic heterocycles. The normalized spacial score (nSPS) is 20.6. The van der Waals surface area contributed by atoms with Gasteiger partial charge in [-0.3, -0.25) is 9.13 Å². The first-order chi connectivity index (χ1) is 16.9. The molecule has 2 saturated heterocycles. The predicted octanol–water partition coefficient (Wildman–Crippen LogP) is 5.21. The lowest BCUT2D eigenvalue weighted by atomic mass is 10.2. The van der Waals surface area contributed by atoms with Gasteiger partial charge in [0.25, 0.3) is 0 Å². The molecule has 2 unspecified atom stereocenters. The van der Waals surface area contributed by atoms with E-state index in [0.29, 0.717) is 12.1 Å². The van der Waals surface area contributed by atoms with Crippen molar-refractivity contribution in [2.75, 3.05) is 13.1 Å². The van der Waals surface area contributed by atoms with Crippen molar-refractivity contribution in [2.24, 2.45) is 0 Å². The van der Waals surface area contributed by atoms with E-state index in [2.05, 4.69) is 92.6 Å². The molecule has 3 aromatic carbocycles. The van der Waals surface area contributed by atoms with Crippen LogP contribution in [-0.4, -0.2) is 32.2 Å². The Morgan fingerprint density at radius 1 is 0.588 bits per heavy atom. The Morgan fingerprint density at radius 2 is 1.03 bits per heavy atom. The highest BCUT2D eigenvalue weighted by Crippen LogP contribution is 2.32. The van der Waals surface area contributed by atoms with E-state index in [0.717, 1.165) is 71.0 Å². The van der Waals surface area contributed by atoms with E-state index in [9.17, 15) is 0 Å². The molecule has 34 heavy (non-hydrogen) atoms. The Morgan fingerprint density at radius 3 is 1.44 bits per heavy atom. The number of para-hydroxylation sites is 4. The van der Waals surface area contributed by atoms with Crippen molar-refractivity contribution in [3.8, 4) is 11.4 Å². The summed E-state index contributed by atoms with van der Waals surface area (Å²) in [7, 11) is 0. The summed E-state index contributed by atoms with van der Waals surface area (Å²) in [5.41, 5.74) is 6.69. The third kappa shape index (κ3) is 3.17. The van der Waals surface area contributed by atoms with Gasteiger partial charge >= 0.3 is 0 Å². The summed E-state index contributed by atoms with van der Waals surface area (Å²) >= 11 is 0. The molecule has 0 amide bonds. The molecular formula is C28H28N6. The first-order valence-electron chi connectivity index (χ1n) is 12.4. The van der Waals surface area contributed by atoms with Crippen LogP contribution in [0.25, 0.3) is 33.4 Å². The molecule has 2 fully saturated rings. The molecule has 0 spiro atoms. The summed E-state index contributed by atoms with van der Waals surface area (Å²) in [6.45, 7) is 2.11. The molecule has 6 heteroatoms. The zero-order valence-corrected chi connectivity index (χ0v) is 19.1. The second-order valence-corrected chi connectivity index (χ2v) is 9.40. The smallest absolute Gasteiger partial charge is 0.131 e. The molecule has 2 aliphatic heterocycles. The Kier molecular flexibility index (Phi) is 4.74. The average molecular weight is 449 g/mol.